The molecule has 8 nitrogen and oxygen atoms in total. The van der Waals surface area contributed by atoms with Crippen LogP contribution in [0.4, 0.5) is 17.3 Å². The van der Waals surface area contributed by atoms with Crippen LogP contribution in [0.25, 0.3) is 11.0 Å². The van der Waals surface area contributed by atoms with Gasteiger partial charge in [-0.15, -0.1) is 0 Å². The van der Waals surface area contributed by atoms with Crippen molar-refractivity contribution in [3.05, 3.63) is 105 Å². The Hall–Kier alpha value is -4.17. The number of carbonyl (C=O) groups excluding carboxylic acids is 1. The van der Waals surface area contributed by atoms with Gasteiger partial charge in [0.15, 0.2) is 0 Å². The highest BCUT2D eigenvalue weighted by molar-refractivity contribution is 6.31. The van der Waals surface area contributed by atoms with Crippen LogP contribution < -0.4 is 10.6 Å². The lowest BCUT2D eigenvalue weighted by Gasteiger charge is -2.31. The van der Waals surface area contributed by atoms with Crippen molar-refractivity contribution in [3.8, 4) is 0 Å². The summed E-state index contributed by atoms with van der Waals surface area (Å²) >= 11 is 6.57. The van der Waals surface area contributed by atoms with Crippen LogP contribution in [0.15, 0.2) is 84.1 Å². The number of carbonyl (C=O) groups is 1. The number of amides is 1. The predicted octanol–water partition coefficient (Wildman–Crippen LogP) is 5.53. The number of fused-ring (bicyclic) bond motifs is 3. The summed E-state index contributed by atoms with van der Waals surface area (Å²) in [7, 11) is 0. The van der Waals surface area contributed by atoms with E-state index in [9.17, 15) is 14.9 Å². The number of anilines is 2. The highest BCUT2D eigenvalue weighted by atomic mass is 35.5. The van der Waals surface area contributed by atoms with Gasteiger partial charge in [0.1, 0.15) is 0 Å². The number of nitrogens with one attached hydrogen (secondary N) is 2. The molecule has 1 aromatic heterocycles. The van der Waals surface area contributed by atoms with Crippen molar-refractivity contribution < 1.29 is 9.72 Å². The van der Waals surface area contributed by atoms with Crippen LogP contribution in [-0.2, 0) is 4.79 Å². The monoisotopic (exact) mass is 459 g/mol. The first-order chi connectivity index (χ1) is 15.9. The summed E-state index contributed by atoms with van der Waals surface area (Å²) in [4.78, 5) is 29.2. The smallest absolute Gasteiger partial charge is 0.269 e. The molecule has 1 aliphatic heterocycles. The first-order valence-electron chi connectivity index (χ1n) is 10.2. The summed E-state index contributed by atoms with van der Waals surface area (Å²) in [6.45, 7) is 1.78. The molecule has 0 unspecified atom stereocenters. The number of halogens is 1. The Morgan fingerprint density at radius 2 is 1.85 bits per heavy atom. The molecule has 1 amide bonds. The fraction of sp³-hybridized carbons (Fsp3) is 0.0833. The highest BCUT2D eigenvalue weighted by Gasteiger charge is 2.36. The summed E-state index contributed by atoms with van der Waals surface area (Å²) < 4.78 is 1.85. The standard InChI is InChI=1S/C24H18ClN5O3/c1-14-21(23(31)27-15-7-3-2-4-8-15)22(17-13-16(30(32)33)11-12-18(17)25)29-20-10-6-5-9-19(20)28-24(29)26-14/h2-13,22H,1H3,(H,26,28)(H,27,31)/t22-/m0/s1. The topological polar surface area (TPSA) is 102 Å². The lowest BCUT2D eigenvalue weighted by Crippen LogP contribution is -2.31. The van der Waals surface area contributed by atoms with Gasteiger partial charge in [0.2, 0.25) is 5.95 Å². The summed E-state index contributed by atoms with van der Waals surface area (Å²) in [5, 5.41) is 18.0. The molecule has 2 heterocycles. The van der Waals surface area contributed by atoms with Crippen molar-refractivity contribution in [2.75, 3.05) is 10.6 Å². The lowest BCUT2D eigenvalue weighted by atomic mass is 9.93. The summed E-state index contributed by atoms with van der Waals surface area (Å²) in [5.41, 5.74) is 3.42. The third-order valence-corrected chi connectivity index (χ3v) is 5.94. The second-order valence-corrected chi connectivity index (χ2v) is 8.05. The SMILES string of the molecule is CC1=C(C(=O)Nc2ccccc2)[C@H](c2cc([N+](=O)[O-])ccc2Cl)n2c(nc3ccccc32)N1. The first kappa shape index (κ1) is 20.7. The molecule has 5 rings (SSSR count). The van der Waals surface area contributed by atoms with Crippen LogP contribution in [0, 0.1) is 10.1 Å². The minimum atomic E-state index is -0.732. The molecule has 9 heteroatoms. The summed E-state index contributed by atoms with van der Waals surface area (Å²) in [5.74, 6) is 0.180. The zero-order valence-corrected chi connectivity index (χ0v) is 18.2. The maximum absolute atomic E-state index is 13.5. The number of hydrogen-bond acceptors (Lipinski definition) is 5. The minimum absolute atomic E-state index is 0.112. The molecule has 3 aromatic carbocycles. The Kier molecular flexibility index (Phi) is 5.07. The Bertz CT molecular complexity index is 1450. The number of nitro groups is 1. The summed E-state index contributed by atoms with van der Waals surface area (Å²) in [6.07, 6.45) is 0. The number of non-ortho nitro benzene ring substituents is 1. The van der Waals surface area contributed by atoms with Gasteiger partial charge in [-0.3, -0.25) is 19.5 Å². The Morgan fingerprint density at radius 1 is 1.12 bits per heavy atom. The molecule has 0 aliphatic carbocycles. The average molecular weight is 460 g/mol. The molecule has 4 aromatic rings. The lowest BCUT2D eigenvalue weighted by molar-refractivity contribution is -0.384. The number of benzene rings is 3. The van der Waals surface area contributed by atoms with Crippen molar-refractivity contribution in [1.82, 2.24) is 9.55 Å². The molecule has 0 fully saturated rings. The third-order valence-electron chi connectivity index (χ3n) is 5.59. The largest absolute Gasteiger partial charge is 0.329 e. The normalized spacial score (nSPS) is 15.2. The number of nitrogens with zero attached hydrogens (tertiary/aromatic N) is 3. The number of imidazole rings is 1. The number of hydrogen-bond donors (Lipinski definition) is 2. The van der Waals surface area contributed by atoms with Gasteiger partial charge >= 0.3 is 0 Å². The van der Waals surface area contributed by atoms with E-state index in [1.165, 1.54) is 18.2 Å². The van der Waals surface area contributed by atoms with Crippen molar-refractivity contribution >= 4 is 45.9 Å². The van der Waals surface area contributed by atoms with E-state index in [2.05, 4.69) is 15.6 Å². The van der Waals surface area contributed by atoms with Crippen LogP contribution in [0.1, 0.15) is 18.5 Å². The Labute approximate surface area is 193 Å². The highest BCUT2D eigenvalue weighted by Crippen LogP contribution is 2.42. The summed E-state index contributed by atoms with van der Waals surface area (Å²) in [6, 6.07) is 20.1. The van der Waals surface area contributed by atoms with Gasteiger partial charge in [-0.25, -0.2) is 4.98 Å². The molecular formula is C24H18ClN5O3. The van der Waals surface area contributed by atoms with Crippen LogP contribution in [0.3, 0.4) is 0 Å². The van der Waals surface area contributed by atoms with Crippen LogP contribution in [0.2, 0.25) is 5.02 Å². The molecule has 0 bridgehead atoms. The molecule has 0 spiro atoms. The fourth-order valence-electron chi connectivity index (χ4n) is 4.13. The number of para-hydroxylation sites is 3. The van der Waals surface area contributed by atoms with Crippen molar-refractivity contribution in [2.24, 2.45) is 0 Å². The van der Waals surface area contributed by atoms with E-state index in [-0.39, 0.29) is 11.6 Å². The van der Waals surface area contributed by atoms with Crippen molar-refractivity contribution in [3.63, 3.8) is 0 Å². The Morgan fingerprint density at radius 3 is 2.61 bits per heavy atom. The van der Waals surface area contributed by atoms with E-state index in [4.69, 9.17) is 11.6 Å². The van der Waals surface area contributed by atoms with Gasteiger partial charge < -0.3 is 10.6 Å². The molecule has 0 saturated carbocycles. The minimum Gasteiger partial charge on any atom is -0.329 e. The maximum atomic E-state index is 13.5. The van der Waals surface area contributed by atoms with E-state index in [0.29, 0.717) is 33.5 Å². The molecule has 2 N–H and O–H groups in total. The van der Waals surface area contributed by atoms with Gasteiger partial charge in [-0.1, -0.05) is 41.9 Å². The number of allylic oxidation sites excluding steroid dienone is 1. The average Bonchev–Trinajstić information content (AvgIpc) is 3.17. The fourth-order valence-corrected chi connectivity index (χ4v) is 4.35. The van der Waals surface area contributed by atoms with Gasteiger partial charge in [0.05, 0.1) is 27.6 Å². The number of aromatic nitrogens is 2. The van der Waals surface area contributed by atoms with Gasteiger partial charge in [0, 0.05) is 34.1 Å². The predicted molar refractivity (Wildman–Crippen MR) is 127 cm³/mol. The maximum Gasteiger partial charge on any atom is 0.269 e. The molecule has 33 heavy (non-hydrogen) atoms. The van der Waals surface area contributed by atoms with E-state index in [0.717, 1.165) is 11.0 Å². The van der Waals surface area contributed by atoms with E-state index >= 15 is 0 Å². The second-order valence-electron chi connectivity index (χ2n) is 7.64. The number of nitro benzene ring substituents is 1. The van der Waals surface area contributed by atoms with Crippen LogP contribution in [-0.4, -0.2) is 20.4 Å². The van der Waals surface area contributed by atoms with E-state index < -0.39 is 11.0 Å². The third kappa shape index (κ3) is 3.60. The van der Waals surface area contributed by atoms with Crippen LogP contribution >= 0.6 is 11.6 Å². The number of rotatable bonds is 4. The van der Waals surface area contributed by atoms with Gasteiger partial charge in [-0.2, -0.15) is 0 Å². The Balaban J connectivity index is 1.73. The van der Waals surface area contributed by atoms with E-state index in [1.807, 2.05) is 47.0 Å². The zero-order chi connectivity index (χ0) is 23.1. The van der Waals surface area contributed by atoms with Crippen LogP contribution in [0.5, 0.6) is 0 Å². The zero-order valence-electron chi connectivity index (χ0n) is 17.4. The van der Waals surface area contributed by atoms with E-state index in [1.54, 1.807) is 19.1 Å². The van der Waals surface area contributed by atoms with Gasteiger partial charge in [-0.05, 0) is 37.3 Å². The van der Waals surface area contributed by atoms with Gasteiger partial charge in [0.25, 0.3) is 11.6 Å². The van der Waals surface area contributed by atoms with Crippen molar-refractivity contribution in [2.45, 2.75) is 13.0 Å². The molecule has 0 radical (unpaired) electrons. The molecule has 0 saturated heterocycles. The quantitative estimate of drug-likeness (QED) is 0.309. The second kappa shape index (κ2) is 8.07. The molecule has 164 valence electrons. The molecule has 1 aliphatic rings. The first-order valence-corrected chi connectivity index (χ1v) is 10.6. The molecule has 1 atom stereocenters. The molecular weight excluding hydrogens is 442 g/mol. The van der Waals surface area contributed by atoms with Crippen molar-refractivity contribution in [1.29, 1.82) is 0 Å².